The minimum absolute atomic E-state index is 0. The number of rotatable bonds is 18. The highest BCUT2D eigenvalue weighted by Gasteiger charge is 2.37. The van der Waals surface area contributed by atoms with E-state index in [0.717, 1.165) is 25.6 Å². The summed E-state index contributed by atoms with van der Waals surface area (Å²) in [5.74, 6) is 1.86. The Hall–Kier alpha value is -2.45. The van der Waals surface area contributed by atoms with Crippen LogP contribution in [0.4, 0.5) is 0 Å². The molecule has 0 N–H and O–H groups in total. The van der Waals surface area contributed by atoms with E-state index in [9.17, 15) is 0 Å². The van der Waals surface area contributed by atoms with Crippen molar-refractivity contribution in [2.24, 2.45) is 0 Å². The van der Waals surface area contributed by atoms with Crippen LogP contribution in [0.25, 0.3) is 0 Å². The highest BCUT2D eigenvalue weighted by Crippen LogP contribution is 2.29. The molecular formula is C40H75N3O3Si+2. The molecular weight excluding hydrogens is 599 g/mol. The second-order valence-electron chi connectivity index (χ2n) is 11.7. The molecule has 0 radical (unpaired) electrons. The normalized spacial score (nSPS) is 12.4. The van der Waals surface area contributed by atoms with Gasteiger partial charge >= 0.3 is 8.80 Å². The van der Waals surface area contributed by atoms with Crippen LogP contribution in [0.2, 0.25) is 6.04 Å². The molecule has 0 amide bonds. The average molecular weight is 674 g/mol. The van der Waals surface area contributed by atoms with Gasteiger partial charge in [-0.25, -0.2) is 9.13 Å². The molecule has 0 saturated heterocycles. The summed E-state index contributed by atoms with van der Waals surface area (Å²) in [5, 5.41) is 0. The van der Waals surface area contributed by atoms with Crippen LogP contribution in [-0.4, -0.2) is 35.1 Å². The van der Waals surface area contributed by atoms with Crippen molar-refractivity contribution in [3.8, 4) is 0 Å². The van der Waals surface area contributed by atoms with Crippen LogP contribution in [0.5, 0.6) is 0 Å². The fourth-order valence-corrected chi connectivity index (χ4v) is 7.07. The predicted molar refractivity (Wildman–Crippen MR) is 205 cm³/mol. The van der Waals surface area contributed by atoms with Gasteiger partial charge in [0.1, 0.15) is 13.1 Å². The smallest absolute Gasteiger partial charge is 0.377 e. The Labute approximate surface area is 293 Å². The molecule has 0 aromatic carbocycles. The molecule has 7 heteroatoms. The molecule has 3 aromatic rings. The summed E-state index contributed by atoms with van der Waals surface area (Å²) in [4.78, 5) is 3.96. The zero-order valence-corrected chi connectivity index (χ0v) is 29.3. The molecule has 3 rings (SSSR count). The van der Waals surface area contributed by atoms with E-state index < -0.39 is 8.80 Å². The van der Waals surface area contributed by atoms with Crippen molar-refractivity contribution in [2.45, 2.75) is 146 Å². The molecule has 3 unspecified atom stereocenters. The summed E-state index contributed by atoms with van der Waals surface area (Å²) in [5.41, 5.74) is 4.28. The first-order chi connectivity index (χ1) is 20.8. The van der Waals surface area contributed by atoms with Crippen molar-refractivity contribution in [3.63, 3.8) is 0 Å². The summed E-state index contributed by atoms with van der Waals surface area (Å²) in [6.07, 6.45) is 20.9. The molecule has 3 atom stereocenters. The second kappa shape index (κ2) is 27.5. The molecule has 3 aromatic heterocycles. The van der Waals surface area contributed by atoms with Crippen molar-refractivity contribution in [2.75, 3.05) is 21.3 Å². The second-order valence-corrected chi connectivity index (χ2v) is 14.8. The molecule has 3 heterocycles. The Morgan fingerprint density at radius 3 is 1.53 bits per heavy atom. The van der Waals surface area contributed by atoms with E-state index in [-0.39, 0.29) is 29.7 Å². The van der Waals surface area contributed by atoms with Gasteiger partial charge in [-0.15, -0.1) is 0 Å². The third-order valence-corrected chi connectivity index (χ3v) is 11.6. The number of unbranched alkanes of at least 4 members (excludes halogenated alkanes) is 1. The van der Waals surface area contributed by atoms with E-state index in [1.54, 1.807) is 21.3 Å². The van der Waals surface area contributed by atoms with Crippen molar-refractivity contribution in [1.82, 2.24) is 4.98 Å². The van der Waals surface area contributed by atoms with Crippen molar-refractivity contribution >= 4 is 8.80 Å². The Balaban J connectivity index is -0.00000119. The van der Waals surface area contributed by atoms with E-state index in [1.807, 2.05) is 12.4 Å². The Kier molecular flexibility index (Phi) is 28.6. The maximum atomic E-state index is 5.52. The maximum absolute atomic E-state index is 5.52. The number of aryl methyl sites for hydroxylation is 2. The third kappa shape index (κ3) is 17.0. The van der Waals surface area contributed by atoms with Gasteiger partial charge in [0.25, 0.3) is 0 Å². The lowest BCUT2D eigenvalue weighted by Gasteiger charge is -2.23. The quantitative estimate of drug-likeness (QED) is 0.0996. The molecule has 0 saturated carbocycles. The van der Waals surface area contributed by atoms with Crippen molar-refractivity contribution < 1.29 is 22.4 Å². The first-order valence-corrected chi connectivity index (χ1v) is 18.3. The standard InChI is InChI=1S/C27H46N2O3Si.C9H13N.4CH4/c1-7-9-17-28-21-15-27(16-22-28)25(8-2)12-11-24(3)26-13-19-29(20-14-26)18-10-23-33(30-4,31-5)32-6;1-3-8(2)9-4-6-10-7-5-9;;;;/h13-16,19-22,24-25H,7-12,17-18,23H2,1-6H3;4-8H,3H2,1-2H3;4*1H4/q+2;;;;;. The first kappa shape index (κ1) is 48.9. The number of hydrogen-bond donors (Lipinski definition) is 0. The van der Waals surface area contributed by atoms with Crippen LogP contribution in [0.15, 0.2) is 73.6 Å². The fourth-order valence-electron chi connectivity index (χ4n) is 5.36. The lowest BCUT2D eigenvalue weighted by atomic mass is 9.87. The summed E-state index contributed by atoms with van der Waals surface area (Å²) in [6.45, 7) is 13.4. The molecule has 0 bridgehead atoms. The molecule has 0 aliphatic carbocycles. The van der Waals surface area contributed by atoms with Crippen LogP contribution in [0, 0.1) is 0 Å². The van der Waals surface area contributed by atoms with Gasteiger partial charge in [0.15, 0.2) is 24.8 Å². The molecule has 0 aliphatic rings. The Morgan fingerprint density at radius 1 is 0.617 bits per heavy atom. The van der Waals surface area contributed by atoms with Gasteiger partial charge in [-0.1, -0.05) is 70.7 Å². The number of aromatic nitrogens is 3. The highest BCUT2D eigenvalue weighted by molar-refractivity contribution is 6.60. The lowest BCUT2D eigenvalue weighted by molar-refractivity contribution is -0.697. The Morgan fingerprint density at radius 2 is 1.09 bits per heavy atom. The van der Waals surface area contributed by atoms with E-state index in [1.165, 1.54) is 55.2 Å². The van der Waals surface area contributed by atoms with Gasteiger partial charge in [0, 0.05) is 76.9 Å². The van der Waals surface area contributed by atoms with Gasteiger partial charge in [0.2, 0.25) is 0 Å². The largest absolute Gasteiger partial charge is 0.500 e. The SMILES string of the molecule is C.C.C.C.CCC(C)c1ccncc1.CCCC[n+]1ccc(C(CC)CCC(C)c2cc[n+](CCC[Si](OC)(OC)OC)cc2)cc1. The Bertz CT molecular complexity index is 1100. The average Bonchev–Trinajstić information content (AvgIpc) is 3.07. The lowest BCUT2D eigenvalue weighted by Crippen LogP contribution is -2.44. The zero-order chi connectivity index (χ0) is 31.5. The number of pyridine rings is 3. The monoisotopic (exact) mass is 674 g/mol. The van der Waals surface area contributed by atoms with E-state index in [2.05, 4.69) is 110 Å². The van der Waals surface area contributed by atoms with Crippen LogP contribution in [-0.2, 0) is 26.4 Å². The van der Waals surface area contributed by atoms with Crippen molar-refractivity contribution in [1.29, 1.82) is 0 Å². The summed E-state index contributed by atoms with van der Waals surface area (Å²) in [7, 11) is 2.54. The van der Waals surface area contributed by atoms with E-state index in [4.69, 9.17) is 13.3 Å². The van der Waals surface area contributed by atoms with Crippen molar-refractivity contribution in [3.05, 3.63) is 90.3 Å². The zero-order valence-electron chi connectivity index (χ0n) is 28.3. The summed E-state index contributed by atoms with van der Waals surface area (Å²) < 4.78 is 21.1. The number of nitrogens with zero attached hydrogens (tertiary/aromatic N) is 3. The summed E-state index contributed by atoms with van der Waals surface area (Å²) >= 11 is 0. The van der Waals surface area contributed by atoms with Gasteiger partial charge in [0.05, 0.1) is 0 Å². The van der Waals surface area contributed by atoms with Gasteiger partial charge < -0.3 is 13.3 Å². The molecule has 0 aliphatic heterocycles. The van der Waals surface area contributed by atoms with Gasteiger partial charge in [-0.3, -0.25) is 4.98 Å². The maximum Gasteiger partial charge on any atom is 0.500 e. The first-order valence-electron chi connectivity index (χ1n) is 16.4. The number of hydrogen-bond acceptors (Lipinski definition) is 4. The minimum atomic E-state index is -2.48. The van der Waals surface area contributed by atoms with E-state index in [0.29, 0.717) is 17.8 Å². The predicted octanol–water partition coefficient (Wildman–Crippen LogP) is 10.5. The molecule has 0 spiro atoms. The topological polar surface area (TPSA) is 48.3 Å². The minimum Gasteiger partial charge on any atom is -0.377 e. The molecule has 47 heavy (non-hydrogen) atoms. The van der Waals surface area contributed by atoms with Crippen LogP contribution >= 0.6 is 0 Å². The molecule has 0 fully saturated rings. The summed E-state index contributed by atoms with van der Waals surface area (Å²) in [6, 6.07) is 14.2. The fraction of sp³-hybridized carbons (Fsp3) is 0.625. The van der Waals surface area contributed by atoms with Crippen LogP contribution in [0.3, 0.4) is 0 Å². The third-order valence-electron chi connectivity index (χ3n) is 8.80. The van der Waals surface area contributed by atoms with Gasteiger partial charge in [-0.2, -0.15) is 0 Å². The molecule has 270 valence electrons. The van der Waals surface area contributed by atoms with E-state index >= 15 is 0 Å². The van der Waals surface area contributed by atoms with Gasteiger partial charge in [-0.05, 0) is 72.3 Å². The highest BCUT2D eigenvalue weighted by atomic mass is 28.4. The van der Waals surface area contributed by atoms with Crippen LogP contribution < -0.4 is 9.13 Å². The van der Waals surface area contributed by atoms with Crippen LogP contribution in [0.1, 0.15) is 144 Å². The molecule has 6 nitrogen and oxygen atoms in total.